The molecule has 1 N–H and O–H groups in total. The second-order valence-corrected chi connectivity index (χ2v) is 14.0. The third-order valence-corrected chi connectivity index (χ3v) is 9.37. The average Bonchev–Trinajstić information content (AvgIpc) is 2.43. The van der Waals surface area contributed by atoms with Gasteiger partial charge in [0.05, 0.1) is 6.04 Å². The van der Waals surface area contributed by atoms with Gasteiger partial charge in [-0.05, 0) is 70.1 Å². The number of amides is 1. The molecule has 5 nitrogen and oxygen atoms in total. The third kappa shape index (κ3) is 5.10. The van der Waals surface area contributed by atoms with Crippen molar-refractivity contribution in [1.82, 2.24) is 4.90 Å². The average molecular weight is 380 g/mol. The Morgan fingerprint density at radius 3 is 1.85 bits per heavy atom. The third-order valence-electron chi connectivity index (χ3n) is 5.01. The second kappa shape index (κ2) is 7.43. The molecule has 1 aromatic carbocycles. The molecule has 0 aromatic heterocycles. The molecule has 0 radical (unpaired) electrons. The number of carbonyl (C=O) groups is 2. The fourth-order valence-corrected chi connectivity index (χ4v) is 3.56. The van der Waals surface area contributed by atoms with Gasteiger partial charge in [-0.25, -0.2) is 4.79 Å². The molecule has 1 atom stereocenters. The van der Waals surface area contributed by atoms with Gasteiger partial charge in [0.1, 0.15) is 5.75 Å². The number of benzene rings is 1. The van der Waals surface area contributed by atoms with E-state index in [4.69, 9.17) is 4.43 Å². The maximum absolute atomic E-state index is 12.8. The van der Waals surface area contributed by atoms with Crippen molar-refractivity contribution >= 4 is 20.2 Å². The molecule has 1 rings (SSSR count). The first-order valence-corrected chi connectivity index (χ1v) is 11.8. The number of hydrogen-bond acceptors (Lipinski definition) is 3. The first kappa shape index (κ1) is 22.2. The first-order valence-electron chi connectivity index (χ1n) is 8.93. The highest BCUT2D eigenvalue weighted by atomic mass is 28.4. The van der Waals surface area contributed by atoms with E-state index in [1.165, 1.54) is 4.90 Å². The van der Waals surface area contributed by atoms with Crippen molar-refractivity contribution in [2.75, 3.05) is 0 Å². The van der Waals surface area contributed by atoms with E-state index in [0.717, 1.165) is 5.75 Å². The van der Waals surface area contributed by atoms with Gasteiger partial charge in [-0.2, -0.15) is 0 Å². The highest BCUT2D eigenvalue weighted by Crippen LogP contribution is 2.37. The van der Waals surface area contributed by atoms with Gasteiger partial charge in [0.25, 0.3) is 0 Å². The van der Waals surface area contributed by atoms with Crippen molar-refractivity contribution in [3.63, 3.8) is 0 Å². The lowest BCUT2D eigenvalue weighted by Crippen LogP contribution is -2.52. The Hall–Kier alpha value is -1.82. The molecule has 6 heteroatoms. The van der Waals surface area contributed by atoms with Crippen LogP contribution in [0.15, 0.2) is 24.3 Å². The molecule has 0 saturated heterocycles. The zero-order chi connectivity index (χ0) is 20.5. The number of rotatable bonds is 5. The van der Waals surface area contributed by atoms with Crippen LogP contribution in [-0.4, -0.2) is 41.8 Å². The molecule has 1 aromatic rings. The van der Waals surface area contributed by atoms with Crippen LogP contribution in [0.5, 0.6) is 5.75 Å². The molecular formula is C20H33NO4Si. The van der Waals surface area contributed by atoms with Gasteiger partial charge in [0.2, 0.25) is 8.32 Å². The molecule has 0 heterocycles. The predicted octanol–water partition coefficient (Wildman–Crippen LogP) is 5.42. The fraction of sp³-hybridized carbons (Fsp3) is 0.600. The van der Waals surface area contributed by atoms with E-state index in [9.17, 15) is 14.7 Å². The van der Waals surface area contributed by atoms with Gasteiger partial charge < -0.3 is 9.53 Å². The van der Waals surface area contributed by atoms with E-state index in [0.29, 0.717) is 5.56 Å². The quantitative estimate of drug-likeness (QED) is 0.548. The number of nitrogens with zero attached hydrogens (tertiary/aromatic N) is 1. The molecule has 146 valence electrons. The van der Waals surface area contributed by atoms with Crippen LogP contribution in [0.3, 0.4) is 0 Å². The minimum absolute atomic E-state index is 0.0880. The Kier molecular flexibility index (Phi) is 6.35. The molecule has 0 aliphatic heterocycles. The summed E-state index contributed by atoms with van der Waals surface area (Å²) in [6.45, 7) is 17.8. The molecular weight excluding hydrogens is 346 g/mol. The van der Waals surface area contributed by atoms with Gasteiger partial charge in [-0.15, -0.1) is 0 Å². The minimum atomic E-state index is -1.94. The first-order chi connectivity index (χ1) is 11.6. The van der Waals surface area contributed by atoms with Crippen LogP contribution in [0.4, 0.5) is 4.79 Å². The van der Waals surface area contributed by atoms with E-state index < -0.39 is 26.0 Å². The molecule has 26 heavy (non-hydrogen) atoms. The van der Waals surface area contributed by atoms with E-state index in [-0.39, 0.29) is 10.8 Å². The summed E-state index contributed by atoms with van der Waals surface area (Å²) in [6, 6.07) is 6.25. The number of hydrogen-bond donors (Lipinski definition) is 1. The Morgan fingerprint density at radius 2 is 1.50 bits per heavy atom. The number of Topliss-reactive ketones (excluding diaryl/α,β-unsaturated/α-hetero) is 1. The second-order valence-electron chi connectivity index (χ2n) is 9.25. The summed E-state index contributed by atoms with van der Waals surface area (Å²) in [5.74, 6) is 0.521. The van der Waals surface area contributed by atoms with Crippen molar-refractivity contribution in [3.8, 4) is 5.75 Å². The largest absolute Gasteiger partial charge is 0.544 e. The molecule has 0 aliphatic carbocycles. The topological polar surface area (TPSA) is 66.8 Å². The fourth-order valence-electron chi connectivity index (χ4n) is 2.53. The van der Waals surface area contributed by atoms with E-state index in [1.807, 2.05) is 0 Å². The van der Waals surface area contributed by atoms with Crippen molar-refractivity contribution in [1.29, 1.82) is 0 Å². The number of carboxylic acid groups (broad SMARTS) is 1. The Bertz CT molecular complexity index is 654. The summed E-state index contributed by atoms with van der Waals surface area (Å²) in [5, 5.41) is 9.57. The molecule has 0 bridgehead atoms. The summed E-state index contributed by atoms with van der Waals surface area (Å²) < 4.78 is 6.22. The van der Waals surface area contributed by atoms with Crippen molar-refractivity contribution in [2.45, 2.75) is 78.2 Å². The predicted molar refractivity (Wildman–Crippen MR) is 108 cm³/mol. The van der Waals surface area contributed by atoms with Crippen LogP contribution >= 0.6 is 0 Å². The van der Waals surface area contributed by atoms with E-state index >= 15 is 0 Å². The van der Waals surface area contributed by atoms with E-state index in [1.54, 1.807) is 52.0 Å². The Morgan fingerprint density at radius 1 is 1.04 bits per heavy atom. The minimum Gasteiger partial charge on any atom is -0.544 e. The van der Waals surface area contributed by atoms with Crippen LogP contribution in [0, 0.1) is 0 Å². The van der Waals surface area contributed by atoms with Gasteiger partial charge in [0, 0.05) is 11.1 Å². The maximum Gasteiger partial charge on any atom is 0.408 e. The number of ketones is 1. The molecule has 1 amide bonds. The summed E-state index contributed by atoms with van der Waals surface area (Å²) in [7, 11) is -1.94. The lowest BCUT2D eigenvalue weighted by atomic mass is 9.98. The molecule has 0 aliphatic rings. The van der Waals surface area contributed by atoms with Gasteiger partial charge >= 0.3 is 6.09 Å². The highest BCUT2D eigenvalue weighted by molar-refractivity contribution is 6.74. The smallest absolute Gasteiger partial charge is 0.408 e. The van der Waals surface area contributed by atoms with Gasteiger partial charge in [0.15, 0.2) is 5.78 Å². The van der Waals surface area contributed by atoms with E-state index in [2.05, 4.69) is 33.9 Å². The summed E-state index contributed by atoms with van der Waals surface area (Å²) in [5.41, 5.74) is -0.178. The van der Waals surface area contributed by atoms with Crippen LogP contribution < -0.4 is 4.43 Å². The van der Waals surface area contributed by atoms with Crippen LogP contribution in [0.25, 0.3) is 0 Å². The lowest BCUT2D eigenvalue weighted by molar-refractivity contribution is 0.0589. The standard InChI is InChI=1S/C20H33NO4Si/c1-14(21(18(23)24)19(2,3)4)17(22)15-10-12-16(13-11-15)25-26(8,9)20(5,6)7/h10-14H,1-9H3,(H,23,24)/t14-/m0/s1. The Labute approximate surface area is 158 Å². The zero-order valence-electron chi connectivity index (χ0n) is 17.5. The highest BCUT2D eigenvalue weighted by Gasteiger charge is 2.39. The monoisotopic (exact) mass is 379 g/mol. The Balaban J connectivity index is 3.01. The van der Waals surface area contributed by atoms with Gasteiger partial charge in [-0.3, -0.25) is 9.69 Å². The molecule has 0 unspecified atom stereocenters. The van der Waals surface area contributed by atoms with Gasteiger partial charge in [-0.1, -0.05) is 20.8 Å². The van der Waals surface area contributed by atoms with Crippen LogP contribution in [0.1, 0.15) is 58.8 Å². The number of carbonyl (C=O) groups excluding carboxylic acids is 1. The lowest BCUT2D eigenvalue weighted by Gasteiger charge is -2.37. The summed E-state index contributed by atoms with van der Waals surface area (Å²) in [4.78, 5) is 25.5. The molecule has 0 spiro atoms. The SMILES string of the molecule is C[C@@H](C(=O)c1ccc(O[Si](C)(C)C(C)(C)C)cc1)N(C(=O)O)C(C)(C)C. The van der Waals surface area contributed by atoms with Crippen LogP contribution in [0.2, 0.25) is 18.1 Å². The van der Waals surface area contributed by atoms with Crippen molar-refractivity contribution < 1.29 is 19.1 Å². The molecule has 0 fully saturated rings. The zero-order valence-corrected chi connectivity index (χ0v) is 18.5. The molecule has 0 saturated carbocycles. The van der Waals surface area contributed by atoms with Crippen molar-refractivity contribution in [3.05, 3.63) is 29.8 Å². The summed E-state index contributed by atoms with van der Waals surface area (Å²) in [6.07, 6.45) is -1.10. The maximum atomic E-state index is 12.8. The van der Waals surface area contributed by atoms with Crippen molar-refractivity contribution in [2.24, 2.45) is 0 Å². The normalized spacial score (nSPS) is 13.9. The van der Waals surface area contributed by atoms with Crippen LogP contribution in [-0.2, 0) is 0 Å². The summed E-state index contributed by atoms with van der Waals surface area (Å²) >= 11 is 0.